The van der Waals surface area contributed by atoms with Crippen LogP contribution < -0.4 is 14.8 Å². The number of hydrogen-bond acceptors (Lipinski definition) is 4. The summed E-state index contributed by atoms with van der Waals surface area (Å²) in [5.41, 5.74) is 0.811. The molecule has 1 amide bonds. The zero-order valence-electron chi connectivity index (χ0n) is 13.5. The van der Waals surface area contributed by atoms with Gasteiger partial charge in [0.15, 0.2) is 6.10 Å². The Bertz CT molecular complexity index is 660. The van der Waals surface area contributed by atoms with Gasteiger partial charge in [-0.05, 0) is 36.9 Å². The molecule has 0 heterocycles. The molecule has 0 aliphatic rings. The lowest BCUT2D eigenvalue weighted by molar-refractivity contribution is -0.122. The highest BCUT2D eigenvalue weighted by atomic mass is 32.2. The summed E-state index contributed by atoms with van der Waals surface area (Å²) in [6.45, 7) is 3.81. The van der Waals surface area contributed by atoms with Gasteiger partial charge in [0, 0.05) is 11.0 Å². The van der Waals surface area contributed by atoms with Gasteiger partial charge in [0.25, 0.3) is 5.91 Å². The molecule has 0 saturated heterocycles. The van der Waals surface area contributed by atoms with Gasteiger partial charge in [0.1, 0.15) is 11.5 Å². The number of benzene rings is 2. The predicted molar refractivity (Wildman–Crippen MR) is 94.6 cm³/mol. The van der Waals surface area contributed by atoms with Crippen LogP contribution in [0.15, 0.2) is 53.4 Å². The Hall–Kier alpha value is -2.14. The number of methoxy groups -OCH3 is 1. The fraction of sp³-hybridized carbons (Fsp3) is 0.278. The molecule has 0 bridgehead atoms. The summed E-state index contributed by atoms with van der Waals surface area (Å²) in [5.74, 6) is 2.06. The molecular formula is C18H21NO3S. The Labute approximate surface area is 141 Å². The van der Waals surface area contributed by atoms with Crippen molar-refractivity contribution in [2.45, 2.75) is 24.8 Å². The van der Waals surface area contributed by atoms with Crippen LogP contribution in [0, 0.1) is 0 Å². The van der Waals surface area contributed by atoms with E-state index in [0.717, 1.165) is 16.3 Å². The molecule has 0 spiro atoms. The van der Waals surface area contributed by atoms with E-state index in [-0.39, 0.29) is 5.91 Å². The normalized spacial score (nSPS) is 11.6. The second-order valence-electron chi connectivity index (χ2n) is 4.86. The minimum atomic E-state index is -0.609. The Balaban J connectivity index is 2.02. The van der Waals surface area contributed by atoms with Crippen LogP contribution in [-0.4, -0.2) is 24.9 Å². The maximum atomic E-state index is 12.4. The lowest BCUT2D eigenvalue weighted by Crippen LogP contribution is -2.30. The average Bonchev–Trinajstić information content (AvgIpc) is 2.57. The number of rotatable bonds is 7. The number of carbonyl (C=O) groups excluding carboxylic acids is 1. The van der Waals surface area contributed by atoms with E-state index in [4.69, 9.17) is 9.47 Å². The molecule has 0 fully saturated rings. The quantitative estimate of drug-likeness (QED) is 0.772. The first-order valence-electron chi connectivity index (χ1n) is 7.47. The van der Waals surface area contributed by atoms with Crippen LogP contribution in [0.2, 0.25) is 0 Å². The molecule has 4 nitrogen and oxygen atoms in total. The van der Waals surface area contributed by atoms with Crippen LogP contribution >= 0.6 is 11.8 Å². The van der Waals surface area contributed by atoms with Gasteiger partial charge < -0.3 is 14.8 Å². The van der Waals surface area contributed by atoms with E-state index < -0.39 is 6.10 Å². The molecule has 0 aliphatic carbocycles. The molecule has 23 heavy (non-hydrogen) atoms. The van der Waals surface area contributed by atoms with Crippen molar-refractivity contribution in [2.75, 3.05) is 18.2 Å². The SMILES string of the molecule is CCSc1ccccc1NC(=O)C(C)Oc1cccc(OC)c1. The van der Waals surface area contributed by atoms with Crippen molar-refractivity contribution >= 4 is 23.4 Å². The van der Waals surface area contributed by atoms with Crippen LogP contribution in [0.5, 0.6) is 11.5 Å². The standard InChI is InChI=1S/C18H21NO3S/c1-4-23-17-11-6-5-10-16(17)19-18(20)13(2)22-15-9-7-8-14(12-15)21-3/h5-13H,4H2,1-3H3,(H,19,20). The van der Waals surface area contributed by atoms with Crippen molar-refractivity contribution in [3.63, 3.8) is 0 Å². The Kier molecular flexibility index (Phi) is 6.35. The molecule has 2 aromatic carbocycles. The third-order valence-corrected chi connectivity index (χ3v) is 4.12. The maximum absolute atomic E-state index is 12.4. The third-order valence-electron chi connectivity index (χ3n) is 3.17. The van der Waals surface area contributed by atoms with Gasteiger partial charge >= 0.3 is 0 Å². The molecule has 0 saturated carbocycles. The highest BCUT2D eigenvalue weighted by molar-refractivity contribution is 7.99. The van der Waals surface area contributed by atoms with Crippen LogP contribution in [0.4, 0.5) is 5.69 Å². The molecule has 1 atom stereocenters. The van der Waals surface area contributed by atoms with E-state index >= 15 is 0 Å². The average molecular weight is 331 g/mol. The lowest BCUT2D eigenvalue weighted by Gasteiger charge is -2.16. The molecule has 1 unspecified atom stereocenters. The number of carbonyl (C=O) groups is 1. The van der Waals surface area contributed by atoms with E-state index in [2.05, 4.69) is 12.2 Å². The van der Waals surface area contributed by atoms with Crippen molar-refractivity contribution in [1.29, 1.82) is 0 Å². The summed E-state index contributed by atoms with van der Waals surface area (Å²) in [4.78, 5) is 13.4. The number of anilines is 1. The molecule has 0 radical (unpaired) electrons. The first-order valence-corrected chi connectivity index (χ1v) is 8.46. The number of ether oxygens (including phenoxy) is 2. The lowest BCUT2D eigenvalue weighted by atomic mass is 10.3. The number of nitrogens with one attached hydrogen (secondary N) is 1. The van der Waals surface area contributed by atoms with E-state index in [1.54, 1.807) is 37.9 Å². The van der Waals surface area contributed by atoms with Crippen molar-refractivity contribution in [1.82, 2.24) is 0 Å². The van der Waals surface area contributed by atoms with Crippen molar-refractivity contribution in [2.24, 2.45) is 0 Å². The fourth-order valence-corrected chi connectivity index (χ4v) is 2.78. The highest BCUT2D eigenvalue weighted by Gasteiger charge is 2.16. The summed E-state index contributed by atoms with van der Waals surface area (Å²) in [6, 6.07) is 15.0. The van der Waals surface area contributed by atoms with Crippen LogP contribution in [0.1, 0.15) is 13.8 Å². The monoisotopic (exact) mass is 331 g/mol. The van der Waals surface area contributed by atoms with E-state index in [9.17, 15) is 4.79 Å². The summed E-state index contributed by atoms with van der Waals surface area (Å²) in [6.07, 6.45) is -0.609. The summed E-state index contributed by atoms with van der Waals surface area (Å²) in [7, 11) is 1.59. The number of amides is 1. The number of hydrogen-bond donors (Lipinski definition) is 1. The summed E-state index contributed by atoms with van der Waals surface area (Å²) in [5, 5.41) is 2.93. The minimum absolute atomic E-state index is 0.183. The predicted octanol–water partition coefficient (Wildman–Crippen LogP) is 4.21. The van der Waals surface area contributed by atoms with Crippen LogP contribution in [0.25, 0.3) is 0 Å². The summed E-state index contributed by atoms with van der Waals surface area (Å²) >= 11 is 1.69. The Morgan fingerprint density at radius 1 is 1.17 bits per heavy atom. The zero-order chi connectivity index (χ0) is 16.7. The Morgan fingerprint density at radius 2 is 1.91 bits per heavy atom. The molecule has 2 rings (SSSR count). The molecule has 122 valence electrons. The first-order chi connectivity index (χ1) is 11.1. The van der Waals surface area contributed by atoms with Crippen LogP contribution in [0.3, 0.4) is 0 Å². The van der Waals surface area contributed by atoms with Gasteiger partial charge in [-0.25, -0.2) is 0 Å². The largest absolute Gasteiger partial charge is 0.497 e. The summed E-state index contributed by atoms with van der Waals surface area (Å²) < 4.78 is 10.8. The van der Waals surface area contributed by atoms with Gasteiger partial charge in [0.2, 0.25) is 0 Å². The van der Waals surface area contributed by atoms with Gasteiger partial charge in [0.05, 0.1) is 12.8 Å². The highest BCUT2D eigenvalue weighted by Crippen LogP contribution is 2.27. The topological polar surface area (TPSA) is 47.6 Å². The van der Waals surface area contributed by atoms with Gasteiger partial charge in [-0.3, -0.25) is 4.79 Å². The van der Waals surface area contributed by atoms with Gasteiger partial charge in [-0.2, -0.15) is 0 Å². The van der Waals surface area contributed by atoms with Crippen molar-refractivity contribution in [3.8, 4) is 11.5 Å². The minimum Gasteiger partial charge on any atom is -0.497 e. The maximum Gasteiger partial charge on any atom is 0.265 e. The van der Waals surface area contributed by atoms with E-state index in [1.807, 2.05) is 36.4 Å². The molecule has 1 N–H and O–H groups in total. The first kappa shape index (κ1) is 17.2. The van der Waals surface area contributed by atoms with E-state index in [0.29, 0.717) is 11.5 Å². The fourth-order valence-electron chi connectivity index (χ4n) is 2.02. The second-order valence-corrected chi connectivity index (χ2v) is 6.16. The molecule has 0 aliphatic heterocycles. The van der Waals surface area contributed by atoms with Gasteiger partial charge in [-0.1, -0.05) is 25.1 Å². The van der Waals surface area contributed by atoms with Crippen molar-refractivity contribution in [3.05, 3.63) is 48.5 Å². The van der Waals surface area contributed by atoms with Crippen molar-refractivity contribution < 1.29 is 14.3 Å². The third kappa shape index (κ3) is 4.93. The Morgan fingerprint density at radius 3 is 2.65 bits per heavy atom. The number of para-hydroxylation sites is 1. The van der Waals surface area contributed by atoms with Crippen LogP contribution in [-0.2, 0) is 4.79 Å². The molecule has 5 heteroatoms. The smallest absolute Gasteiger partial charge is 0.265 e. The second kappa shape index (κ2) is 8.48. The molecular weight excluding hydrogens is 310 g/mol. The van der Waals surface area contributed by atoms with Gasteiger partial charge in [-0.15, -0.1) is 11.8 Å². The number of thioether (sulfide) groups is 1. The van der Waals surface area contributed by atoms with E-state index in [1.165, 1.54) is 0 Å². The molecule has 2 aromatic rings. The zero-order valence-corrected chi connectivity index (χ0v) is 14.4. The molecule has 0 aromatic heterocycles.